The molecule has 2 unspecified atom stereocenters. The van der Waals surface area contributed by atoms with Gasteiger partial charge in [-0.15, -0.1) is 12.4 Å². The second-order valence-corrected chi connectivity index (χ2v) is 7.82. The fraction of sp³-hybridized carbons (Fsp3) is 0.417. The van der Waals surface area contributed by atoms with Gasteiger partial charge < -0.3 is 19.8 Å². The van der Waals surface area contributed by atoms with Gasteiger partial charge in [0.05, 0.1) is 7.11 Å². The first-order chi connectivity index (χ1) is 14.2. The van der Waals surface area contributed by atoms with E-state index >= 15 is 0 Å². The molecular weight excluding hydrogens is 403 g/mol. The molecule has 0 radical (unpaired) electrons. The van der Waals surface area contributed by atoms with E-state index in [2.05, 4.69) is 17.2 Å². The first-order valence-electron chi connectivity index (χ1n) is 10.5. The molecule has 6 heteroatoms. The van der Waals surface area contributed by atoms with Crippen molar-refractivity contribution in [3.05, 3.63) is 59.5 Å². The van der Waals surface area contributed by atoms with E-state index < -0.39 is 0 Å². The Labute approximate surface area is 183 Å². The number of rotatable bonds is 8. The molecule has 0 fully saturated rings. The Bertz CT molecular complexity index is 961. The molecule has 1 aliphatic heterocycles. The van der Waals surface area contributed by atoms with E-state index in [9.17, 15) is 4.39 Å². The number of hydrogen-bond acceptors (Lipinski definition) is 3. The smallest absolute Gasteiger partial charge is 0.126 e. The molecule has 4 nitrogen and oxygen atoms in total. The van der Waals surface area contributed by atoms with E-state index in [-0.39, 0.29) is 24.3 Å². The number of methoxy groups -OCH3 is 1. The van der Waals surface area contributed by atoms with E-state index in [1.807, 2.05) is 24.4 Å². The van der Waals surface area contributed by atoms with Gasteiger partial charge in [-0.25, -0.2) is 4.39 Å². The Morgan fingerprint density at radius 2 is 2.17 bits per heavy atom. The molecule has 0 saturated heterocycles. The molecule has 2 atom stereocenters. The summed E-state index contributed by atoms with van der Waals surface area (Å²) in [7, 11) is 1.71. The second-order valence-electron chi connectivity index (χ2n) is 7.82. The maximum absolute atomic E-state index is 13.6. The quantitative estimate of drug-likeness (QED) is 0.498. The Balaban J connectivity index is 0.00000256. The zero-order valence-electron chi connectivity index (χ0n) is 17.5. The highest BCUT2D eigenvalue weighted by Crippen LogP contribution is 2.32. The highest BCUT2D eigenvalue weighted by molar-refractivity contribution is 5.85. The van der Waals surface area contributed by atoms with Crippen molar-refractivity contribution < 1.29 is 13.9 Å². The Morgan fingerprint density at radius 1 is 1.30 bits per heavy atom. The number of fused-ring (bicyclic) bond motifs is 2. The highest BCUT2D eigenvalue weighted by Gasteiger charge is 2.24. The summed E-state index contributed by atoms with van der Waals surface area (Å²) in [5, 5.41) is 4.77. The number of hydrogen-bond donors (Lipinski definition) is 2. The summed E-state index contributed by atoms with van der Waals surface area (Å²) in [4.78, 5) is 3.24. The van der Waals surface area contributed by atoms with Crippen molar-refractivity contribution in [2.45, 2.75) is 51.1 Å². The van der Waals surface area contributed by atoms with E-state index in [0.717, 1.165) is 60.1 Å². The van der Waals surface area contributed by atoms with Crippen LogP contribution in [0.5, 0.6) is 11.5 Å². The third-order valence-corrected chi connectivity index (χ3v) is 5.89. The lowest BCUT2D eigenvalue weighted by Crippen LogP contribution is -2.44. The largest absolute Gasteiger partial charge is 0.496 e. The molecule has 30 heavy (non-hydrogen) atoms. The lowest BCUT2D eigenvalue weighted by atomic mass is 9.98. The zero-order chi connectivity index (χ0) is 20.2. The fourth-order valence-corrected chi connectivity index (χ4v) is 4.31. The first-order valence-corrected chi connectivity index (χ1v) is 10.5. The molecule has 1 aromatic heterocycles. The third kappa shape index (κ3) is 4.90. The van der Waals surface area contributed by atoms with Crippen molar-refractivity contribution in [3.8, 4) is 11.5 Å². The molecule has 2 heterocycles. The maximum atomic E-state index is 13.6. The van der Waals surface area contributed by atoms with Crippen LogP contribution >= 0.6 is 12.4 Å². The van der Waals surface area contributed by atoms with Crippen molar-refractivity contribution in [2.24, 2.45) is 0 Å². The summed E-state index contributed by atoms with van der Waals surface area (Å²) in [5.41, 5.74) is 3.34. The molecule has 2 aromatic carbocycles. The molecule has 3 aromatic rings. The van der Waals surface area contributed by atoms with Gasteiger partial charge in [-0.2, -0.15) is 0 Å². The summed E-state index contributed by atoms with van der Waals surface area (Å²) in [6, 6.07) is 11.6. The number of nitrogens with one attached hydrogen (secondary N) is 2. The summed E-state index contributed by atoms with van der Waals surface area (Å²) in [5.74, 6) is 1.65. The summed E-state index contributed by atoms with van der Waals surface area (Å²) in [6.07, 6.45) is 7.07. The van der Waals surface area contributed by atoms with Crippen LogP contribution < -0.4 is 14.8 Å². The minimum Gasteiger partial charge on any atom is -0.496 e. The third-order valence-electron chi connectivity index (χ3n) is 5.89. The number of benzene rings is 2. The van der Waals surface area contributed by atoms with Gasteiger partial charge >= 0.3 is 0 Å². The zero-order valence-corrected chi connectivity index (χ0v) is 18.4. The van der Waals surface area contributed by atoms with Gasteiger partial charge in [0.25, 0.3) is 0 Å². The van der Waals surface area contributed by atoms with Crippen molar-refractivity contribution in [2.75, 3.05) is 13.7 Å². The minimum absolute atomic E-state index is 0. The summed E-state index contributed by atoms with van der Waals surface area (Å²) < 4.78 is 25.0. The predicted octanol–water partition coefficient (Wildman–Crippen LogP) is 5.43. The Hall–Kier alpha value is -2.24. The number of halogens is 2. The Morgan fingerprint density at radius 3 is 2.97 bits per heavy atom. The lowest BCUT2D eigenvalue weighted by molar-refractivity contribution is 0.219. The second kappa shape index (κ2) is 10.2. The van der Waals surface area contributed by atoms with Crippen molar-refractivity contribution >= 4 is 23.3 Å². The first kappa shape index (κ1) is 22.4. The van der Waals surface area contributed by atoms with Gasteiger partial charge in [0.2, 0.25) is 0 Å². The number of aromatic nitrogens is 1. The predicted molar refractivity (Wildman–Crippen MR) is 122 cm³/mol. The summed E-state index contributed by atoms with van der Waals surface area (Å²) in [6.45, 7) is 2.90. The Kier molecular flexibility index (Phi) is 7.62. The SMILES string of the molecule is CCC(CCCc1c[nH]c2ccc(F)cc12)NC1COc2cccc(OC)c2C1.Cl. The van der Waals surface area contributed by atoms with Gasteiger partial charge in [0.1, 0.15) is 23.9 Å². The average molecular weight is 433 g/mol. The molecule has 1 aliphatic rings. The highest BCUT2D eigenvalue weighted by atomic mass is 35.5. The molecule has 0 bridgehead atoms. The van der Waals surface area contributed by atoms with Crippen LogP contribution in [0.2, 0.25) is 0 Å². The number of aromatic amines is 1. The number of H-pyrrole nitrogens is 1. The van der Waals surface area contributed by atoms with Gasteiger partial charge in [-0.1, -0.05) is 13.0 Å². The van der Waals surface area contributed by atoms with E-state index in [0.29, 0.717) is 12.6 Å². The average Bonchev–Trinajstić information content (AvgIpc) is 3.14. The van der Waals surface area contributed by atoms with E-state index in [1.165, 1.54) is 11.6 Å². The minimum atomic E-state index is -0.181. The molecule has 162 valence electrons. The molecule has 2 N–H and O–H groups in total. The van der Waals surface area contributed by atoms with E-state index in [1.54, 1.807) is 19.2 Å². The molecule has 0 saturated carbocycles. The van der Waals surface area contributed by atoms with Crippen LogP contribution in [0.4, 0.5) is 4.39 Å². The maximum Gasteiger partial charge on any atom is 0.126 e. The number of aryl methyl sites for hydroxylation is 1. The number of ether oxygens (including phenoxy) is 2. The lowest BCUT2D eigenvalue weighted by Gasteiger charge is -2.30. The van der Waals surface area contributed by atoms with Crippen LogP contribution in [-0.2, 0) is 12.8 Å². The van der Waals surface area contributed by atoms with Gasteiger partial charge in [0, 0.05) is 34.7 Å². The standard InChI is InChI=1S/C24H29FN2O2.ClH/c1-3-18(7-4-6-16-14-26-22-11-10-17(25)12-20(16)22)27-19-13-21-23(28-2)8-5-9-24(21)29-15-19;/h5,8-12,14,18-19,26-27H,3-4,6-7,13,15H2,1-2H3;1H. The van der Waals surface area contributed by atoms with Crippen LogP contribution in [0.15, 0.2) is 42.6 Å². The van der Waals surface area contributed by atoms with Crippen molar-refractivity contribution in [1.82, 2.24) is 10.3 Å². The van der Waals surface area contributed by atoms with Crippen LogP contribution in [-0.4, -0.2) is 30.8 Å². The molecule has 0 amide bonds. The van der Waals surface area contributed by atoms with Crippen LogP contribution in [0, 0.1) is 5.82 Å². The van der Waals surface area contributed by atoms with E-state index in [4.69, 9.17) is 9.47 Å². The van der Waals surface area contributed by atoms with Crippen LogP contribution in [0.25, 0.3) is 10.9 Å². The molecule has 0 aliphatic carbocycles. The van der Waals surface area contributed by atoms with Gasteiger partial charge in [0.15, 0.2) is 0 Å². The monoisotopic (exact) mass is 432 g/mol. The van der Waals surface area contributed by atoms with Crippen molar-refractivity contribution in [1.29, 1.82) is 0 Å². The molecule has 4 rings (SSSR count). The molecular formula is C24H30ClFN2O2. The normalized spacial score (nSPS) is 16.4. The van der Waals surface area contributed by atoms with Crippen LogP contribution in [0.1, 0.15) is 37.3 Å². The fourth-order valence-electron chi connectivity index (χ4n) is 4.31. The van der Waals surface area contributed by atoms with Gasteiger partial charge in [-0.05, 0) is 68.0 Å². The summed E-state index contributed by atoms with van der Waals surface area (Å²) >= 11 is 0. The topological polar surface area (TPSA) is 46.3 Å². The van der Waals surface area contributed by atoms with Crippen molar-refractivity contribution in [3.63, 3.8) is 0 Å². The van der Waals surface area contributed by atoms with Gasteiger partial charge in [-0.3, -0.25) is 0 Å². The molecule has 0 spiro atoms. The van der Waals surface area contributed by atoms with Crippen LogP contribution in [0.3, 0.4) is 0 Å².